The second-order valence-electron chi connectivity index (χ2n) is 4.59. The van der Waals surface area contributed by atoms with Crippen molar-refractivity contribution in [2.45, 2.75) is 39.7 Å². The zero-order chi connectivity index (χ0) is 12.7. The molecule has 0 saturated carbocycles. The monoisotopic (exact) mass is 235 g/mol. The van der Waals surface area contributed by atoms with Crippen molar-refractivity contribution in [2.75, 3.05) is 13.7 Å². The van der Waals surface area contributed by atoms with E-state index >= 15 is 0 Å². The van der Waals surface area contributed by atoms with Crippen LogP contribution in [-0.2, 0) is 6.42 Å². The Balaban J connectivity index is 2.47. The zero-order valence-corrected chi connectivity index (χ0v) is 11.5. The molecule has 1 aromatic carbocycles. The largest absolute Gasteiger partial charge is 0.492 e. The molecule has 0 aliphatic rings. The number of aryl methyl sites for hydroxylation is 1. The maximum atomic E-state index is 5.82. The molecule has 1 rings (SSSR count). The summed E-state index contributed by atoms with van der Waals surface area (Å²) in [5.74, 6) is 1.60. The van der Waals surface area contributed by atoms with Crippen molar-refractivity contribution >= 4 is 0 Å². The van der Waals surface area contributed by atoms with Gasteiger partial charge in [0.2, 0.25) is 0 Å². The standard InChI is InChI=1S/C15H25NO/c1-5-12(3)15(16-4)11-17-14-9-7-13(6-2)8-10-14/h7-10,12,15-16H,5-6,11H2,1-4H3. The quantitative estimate of drug-likeness (QED) is 0.783. The third kappa shape index (κ3) is 4.39. The molecule has 17 heavy (non-hydrogen) atoms. The highest BCUT2D eigenvalue weighted by molar-refractivity contribution is 5.27. The van der Waals surface area contributed by atoms with Crippen molar-refractivity contribution in [1.29, 1.82) is 0 Å². The van der Waals surface area contributed by atoms with Gasteiger partial charge in [-0.2, -0.15) is 0 Å². The van der Waals surface area contributed by atoms with E-state index in [0.29, 0.717) is 12.0 Å². The van der Waals surface area contributed by atoms with Crippen LogP contribution in [0.4, 0.5) is 0 Å². The summed E-state index contributed by atoms with van der Waals surface area (Å²) < 4.78 is 5.82. The van der Waals surface area contributed by atoms with Gasteiger partial charge in [-0.3, -0.25) is 0 Å². The summed E-state index contributed by atoms with van der Waals surface area (Å²) in [7, 11) is 2.00. The van der Waals surface area contributed by atoms with Crippen LogP contribution in [0.5, 0.6) is 5.75 Å². The maximum Gasteiger partial charge on any atom is 0.119 e. The molecule has 2 nitrogen and oxygen atoms in total. The predicted octanol–water partition coefficient (Wildman–Crippen LogP) is 3.26. The van der Waals surface area contributed by atoms with Gasteiger partial charge in [-0.05, 0) is 37.1 Å². The van der Waals surface area contributed by atoms with Crippen LogP contribution < -0.4 is 10.1 Å². The van der Waals surface area contributed by atoms with Gasteiger partial charge in [-0.1, -0.05) is 39.3 Å². The zero-order valence-electron chi connectivity index (χ0n) is 11.5. The minimum absolute atomic E-state index is 0.422. The van der Waals surface area contributed by atoms with Crippen LogP contribution >= 0.6 is 0 Å². The first-order valence-corrected chi connectivity index (χ1v) is 6.60. The van der Waals surface area contributed by atoms with E-state index in [9.17, 15) is 0 Å². The lowest BCUT2D eigenvalue weighted by atomic mass is 10.0. The Morgan fingerprint density at radius 2 is 1.82 bits per heavy atom. The number of ether oxygens (including phenoxy) is 1. The number of nitrogens with one attached hydrogen (secondary N) is 1. The lowest BCUT2D eigenvalue weighted by molar-refractivity contribution is 0.228. The second kappa shape index (κ2) is 7.33. The van der Waals surface area contributed by atoms with E-state index in [2.05, 4.69) is 50.4 Å². The molecule has 0 amide bonds. The van der Waals surface area contributed by atoms with Gasteiger partial charge in [0, 0.05) is 6.04 Å². The first-order chi connectivity index (χ1) is 8.21. The van der Waals surface area contributed by atoms with Gasteiger partial charge in [0.1, 0.15) is 12.4 Å². The molecule has 1 N–H and O–H groups in total. The summed E-state index contributed by atoms with van der Waals surface area (Å²) in [6, 6.07) is 8.80. The molecular weight excluding hydrogens is 210 g/mol. The summed E-state index contributed by atoms with van der Waals surface area (Å²) in [6.45, 7) is 7.36. The molecule has 0 heterocycles. The Hall–Kier alpha value is -1.02. The van der Waals surface area contributed by atoms with Crippen molar-refractivity contribution < 1.29 is 4.74 Å². The Morgan fingerprint density at radius 1 is 1.18 bits per heavy atom. The molecule has 0 spiro atoms. The van der Waals surface area contributed by atoms with Crippen LogP contribution in [0.3, 0.4) is 0 Å². The Labute approximate surface area is 105 Å². The van der Waals surface area contributed by atoms with Gasteiger partial charge >= 0.3 is 0 Å². The van der Waals surface area contributed by atoms with E-state index in [0.717, 1.165) is 18.8 Å². The number of rotatable bonds is 7. The SMILES string of the molecule is CCc1ccc(OCC(NC)C(C)CC)cc1. The molecule has 0 bridgehead atoms. The normalized spacial score (nSPS) is 14.4. The van der Waals surface area contributed by atoms with Crippen molar-refractivity contribution in [2.24, 2.45) is 5.92 Å². The third-order valence-electron chi connectivity index (χ3n) is 3.46. The van der Waals surface area contributed by atoms with Gasteiger partial charge in [-0.15, -0.1) is 0 Å². The molecule has 0 aromatic heterocycles. The van der Waals surface area contributed by atoms with Gasteiger partial charge in [0.15, 0.2) is 0 Å². The highest BCUT2D eigenvalue weighted by atomic mass is 16.5. The Kier molecular flexibility index (Phi) is 6.06. The predicted molar refractivity (Wildman–Crippen MR) is 73.6 cm³/mol. The van der Waals surface area contributed by atoms with Crippen LogP contribution in [0.1, 0.15) is 32.8 Å². The summed E-state index contributed by atoms with van der Waals surface area (Å²) in [4.78, 5) is 0. The van der Waals surface area contributed by atoms with Crippen LogP contribution in [0.25, 0.3) is 0 Å². The minimum Gasteiger partial charge on any atom is -0.492 e. The fraction of sp³-hybridized carbons (Fsp3) is 0.600. The molecular formula is C15H25NO. The lowest BCUT2D eigenvalue weighted by Gasteiger charge is -2.22. The molecule has 0 aliphatic carbocycles. The molecule has 2 heteroatoms. The molecule has 96 valence electrons. The van der Waals surface area contributed by atoms with E-state index in [4.69, 9.17) is 4.74 Å². The van der Waals surface area contributed by atoms with Crippen molar-refractivity contribution in [3.63, 3.8) is 0 Å². The average molecular weight is 235 g/mol. The lowest BCUT2D eigenvalue weighted by Crippen LogP contribution is -2.37. The molecule has 0 fully saturated rings. The van der Waals surface area contributed by atoms with Crippen LogP contribution in [0.15, 0.2) is 24.3 Å². The molecule has 2 atom stereocenters. The van der Waals surface area contributed by atoms with Crippen LogP contribution in [0.2, 0.25) is 0 Å². The minimum atomic E-state index is 0.422. The van der Waals surface area contributed by atoms with E-state index in [1.807, 2.05) is 7.05 Å². The van der Waals surface area contributed by atoms with Gasteiger partial charge in [-0.25, -0.2) is 0 Å². The topological polar surface area (TPSA) is 21.3 Å². The second-order valence-corrected chi connectivity index (χ2v) is 4.59. The van der Waals surface area contributed by atoms with Gasteiger partial charge < -0.3 is 10.1 Å². The Morgan fingerprint density at radius 3 is 2.29 bits per heavy atom. The summed E-state index contributed by atoms with van der Waals surface area (Å²) in [6.07, 6.45) is 2.25. The first kappa shape index (κ1) is 14.0. The average Bonchev–Trinajstić information content (AvgIpc) is 2.39. The molecule has 0 radical (unpaired) electrons. The highest BCUT2D eigenvalue weighted by Crippen LogP contribution is 2.14. The van der Waals surface area contributed by atoms with Gasteiger partial charge in [0.05, 0.1) is 0 Å². The first-order valence-electron chi connectivity index (χ1n) is 6.60. The summed E-state index contributed by atoms with van der Waals surface area (Å²) in [5.41, 5.74) is 1.35. The van der Waals surface area contributed by atoms with Crippen molar-refractivity contribution in [1.82, 2.24) is 5.32 Å². The summed E-state index contributed by atoms with van der Waals surface area (Å²) >= 11 is 0. The van der Waals surface area contributed by atoms with Gasteiger partial charge in [0.25, 0.3) is 0 Å². The van der Waals surface area contributed by atoms with Crippen LogP contribution in [-0.4, -0.2) is 19.7 Å². The number of likely N-dealkylation sites (N-methyl/N-ethyl adjacent to an activating group) is 1. The van der Waals surface area contributed by atoms with Crippen molar-refractivity contribution in [3.05, 3.63) is 29.8 Å². The number of hydrogen-bond acceptors (Lipinski definition) is 2. The molecule has 0 saturated heterocycles. The number of hydrogen-bond donors (Lipinski definition) is 1. The van der Waals surface area contributed by atoms with E-state index in [1.165, 1.54) is 12.0 Å². The third-order valence-corrected chi connectivity index (χ3v) is 3.46. The molecule has 0 aliphatic heterocycles. The maximum absolute atomic E-state index is 5.82. The van der Waals surface area contributed by atoms with E-state index < -0.39 is 0 Å². The van der Waals surface area contributed by atoms with E-state index in [1.54, 1.807) is 0 Å². The van der Waals surface area contributed by atoms with E-state index in [-0.39, 0.29) is 0 Å². The molecule has 1 aromatic rings. The fourth-order valence-electron chi connectivity index (χ4n) is 1.82. The smallest absolute Gasteiger partial charge is 0.119 e. The number of benzene rings is 1. The molecule has 2 unspecified atom stereocenters. The van der Waals surface area contributed by atoms with Crippen molar-refractivity contribution in [3.8, 4) is 5.75 Å². The highest BCUT2D eigenvalue weighted by Gasteiger charge is 2.14. The van der Waals surface area contributed by atoms with Crippen LogP contribution in [0, 0.1) is 5.92 Å². The summed E-state index contributed by atoms with van der Waals surface area (Å²) in [5, 5.41) is 3.32. The Bertz CT molecular complexity index is 307. The fourth-order valence-corrected chi connectivity index (χ4v) is 1.82.